The predicted octanol–water partition coefficient (Wildman–Crippen LogP) is 4.41. The van der Waals surface area contributed by atoms with E-state index >= 15 is 0 Å². The molecule has 0 aliphatic carbocycles. The summed E-state index contributed by atoms with van der Waals surface area (Å²) >= 11 is 0. The van der Waals surface area contributed by atoms with Crippen LogP contribution in [-0.2, 0) is 16.9 Å². The van der Waals surface area contributed by atoms with Crippen LogP contribution in [0.4, 0.5) is 36.3 Å². The van der Waals surface area contributed by atoms with Gasteiger partial charge < -0.3 is 25.7 Å². The second-order valence-corrected chi connectivity index (χ2v) is 8.77. The zero-order valence-corrected chi connectivity index (χ0v) is 18.7. The number of carbonyl (C=O) groups excluding carboxylic acids is 1. The first kappa shape index (κ1) is 25.2. The molecule has 9 nitrogen and oxygen atoms in total. The summed E-state index contributed by atoms with van der Waals surface area (Å²) in [5.74, 6) is -1.17. The van der Waals surface area contributed by atoms with Gasteiger partial charge in [0, 0.05) is 18.4 Å². The van der Waals surface area contributed by atoms with Crippen LogP contribution in [0.3, 0.4) is 0 Å². The number of carbonyl (C=O) groups is 1. The van der Waals surface area contributed by atoms with Gasteiger partial charge in [0.2, 0.25) is 5.95 Å². The second-order valence-electron chi connectivity index (χ2n) is 7.13. The second kappa shape index (κ2) is 10.2. The van der Waals surface area contributed by atoms with Gasteiger partial charge in [-0.3, -0.25) is 9.36 Å². The van der Waals surface area contributed by atoms with Crippen molar-refractivity contribution in [2.75, 3.05) is 17.2 Å². The lowest BCUT2D eigenvalue weighted by Crippen LogP contribution is -2.23. The molecule has 13 heteroatoms. The van der Waals surface area contributed by atoms with Crippen LogP contribution in [0, 0.1) is 0 Å². The minimum atomic E-state index is -4.76. The summed E-state index contributed by atoms with van der Waals surface area (Å²) in [6.45, 7) is 2.06. The number of hydrogen-bond acceptors (Lipinski definition) is 6. The molecule has 0 atom stereocenters. The van der Waals surface area contributed by atoms with E-state index < -0.39 is 37.2 Å². The van der Waals surface area contributed by atoms with Crippen molar-refractivity contribution in [2.24, 2.45) is 0 Å². The Morgan fingerprint density at radius 2 is 1.74 bits per heavy atom. The molecule has 2 aromatic carbocycles. The zero-order chi connectivity index (χ0) is 24.9. The summed E-state index contributed by atoms with van der Waals surface area (Å²) < 4.78 is 51.9. The quantitative estimate of drug-likeness (QED) is 0.290. The first-order chi connectivity index (χ1) is 16.0. The van der Waals surface area contributed by atoms with Crippen molar-refractivity contribution < 1.29 is 32.3 Å². The van der Waals surface area contributed by atoms with Gasteiger partial charge in [-0.2, -0.15) is 18.2 Å². The van der Waals surface area contributed by atoms with Crippen LogP contribution in [0.25, 0.3) is 0 Å². The number of nitrogens with one attached hydrogen (secondary N) is 3. The lowest BCUT2D eigenvalue weighted by molar-refractivity contribution is -0.137. The molecule has 1 amide bonds. The van der Waals surface area contributed by atoms with Gasteiger partial charge in [-0.25, -0.2) is 4.98 Å². The Morgan fingerprint density at radius 1 is 1.06 bits per heavy atom. The van der Waals surface area contributed by atoms with Crippen LogP contribution in [0.15, 0.2) is 54.7 Å². The van der Waals surface area contributed by atoms with Gasteiger partial charge >= 0.3 is 13.8 Å². The van der Waals surface area contributed by atoms with Gasteiger partial charge in [0.15, 0.2) is 0 Å². The molecule has 0 saturated heterocycles. The fourth-order valence-electron chi connectivity index (χ4n) is 2.98. The molecule has 180 valence electrons. The van der Waals surface area contributed by atoms with E-state index in [-0.39, 0.29) is 17.2 Å². The number of benzene rings is 2. The monoisotopic (exact) mass is 495 g/mol. The zero-order valence-electron chi connectivity index (χ0n) is 17.8. The van der Waals surface area contributed by atoms with E-state index in [0.717, 1.165) is 0 Å². The van der Waals surface area contributed by atoms with Crippen LogP contribution in [0.1, 0.15) is 28.4 Å². The number of rotatable bonds is 8. The van der Waals surface area contributed by atoms with Crippen LogP contribution in [-0.4, -0.2) is 32.2 Å². The molecule has 0 fully saturated rings. The molecule has 3 aromatic rings. The SMILES string of the molecule is CCNC(=O)c1ccccc1Nc1nc(Nc2ccc(CP(=O)(O)O)cc2)ncc1C(F)(F)F. The summed E-state index contributed by atoms with van der Waals surface area (Å²) in [6.07, 6.45) is -4.58. The van der Waals surface area contributed by atoms with Gasteiger partial charge in [-0.1, -0.05) is 24.3 Å². The summed E-state index contributed by atoms with van der Waals surface area (Å²) in [4.78, 5) is 38.1. The normalized spacial score (nSPS) is 11.7. The molecule has 1 aromatic heterocycles. The highest BCUT2D eigenvalue weighted by Gasteiger charge is 2.35. The lowest BCUT2D eigenvalue weighted by atomic mass is 10.1. The average Bonchev–Trinajstić information content (AvgIpc) is 2.74. The van der Waals surface area contributed by atoms with E-state index in [1.807, 2.05) is 0 Å². The predicted molar refractivity (Wildman–Crippen MR) is 120 cm³/mol. The van der Waals surface area contributed by atoms with Crippen molar-refractivity contribution >= 4 is 36.6 Å². The molecule has 0 radical (unpaired) electrons. The highest BCUT2D eigenvalue weighted by atomic mass is 31.2. The molecule has 0 saturated carbocycles. The first-order valence-electron chi connectivity index (χ1n) is 9.95. The number of alkyl halides is 3. The van der Waals surface area contributed by atoms with Crippen molar-refractivity contribution in [2.45, 2.75) is 19.3 Å². The Kier molecular flexibility index (Phi) is 7.55. The maximum absolute atomic E-state index is 13.6. The first-order valence-corrected chi connectivity index (χ1v) is 11.7. The Balaban J connectivity index is 1.91. The Morgan fingerprint density at radius 3 is 2.35 bits per heavy atom. The smallest absolute Gasteiger partial charge is 0.352 e. The van der Waals surface area contributed by atoms with Crippen LogP contribution < -0.4 is 16.0 Å². The maximum atomic E-state index is 13.6. The molecule has 0 unspecified atom stereocenters. The largest absolute Gasteiger partial charge is 0.421 e. The van der Waals surface area contributed by atoms with Gasteiger partial charge in [0.05, 0.1) is 17.4 Å². The van der Waals surface area contributed by atoms with E-state index in [9.17, 15) is 22.5 Å². The van der Waals surface area contributed by atoms with E-state index in [0.29, 0.717) is 24.0 Å². The van der Waals surface area contributed by atoms with Gasteiger partial charge in [-0.15, -0.1) is 0 Å². The molecular weight excluding hydrogens is 474 g/mol. The fourth-order valence-corrected chi connectivity index (χ4v) is 3.67. The summed E-state index contributed by atoms with van der Waals surface area (Å²) in [5.41, 5.74) is -0.0724. The van der Waals surface area contributed by atoms with E-state index in [2.05, 4.69) is 25.9 Å². The van der Waals surface area contributed by atoms with E-state index in [1.165, 1.54) is 36.4 Å². The lowest BCUT2D eigenvalue weighted by Gasteiger charge is -2.16. The van der Waals surface area contributed by atoms with Crippen molar-refractivity contribution in [3.8, 4) is 0 Å². The molecule has 34 heavy (non-hydrogen) atoms. The molecule has 0 bridgehead atoms. The molecule has 0 aliphatic heterocycles. The van der Waals surface area contributed by atoms with E-state index in [4.69, 9.17) is 9.79 Å². The molecular formula is C21H21F3N5O4P. The molecule has 3 rings (SSSR count). The molecule has 0 spiro atoms. The summed E-state index contributed by atoms with van der Waals surface area (Å²) in [7, 11) is -4.23. The Bertz CT molecular complexity index is 1220. The van der Waals surface area contributed by atoms with Crippen molar-refractivity contribution in [3.05, 3.63) is 71.4 Å². The average molecular weight is 495 g/mol. The van der Waals surface area contributed by atoms with Gasteiger partial charge in [0.25, 0.3) is 5.91 Å². The van der Waals surface area contributed by atoms with Gasteiger partial charge in [-0.05, 0) is 36.8 Å². The summed E-state index contributed by atoms with van der Waals surface area (Å²) in [6, 6.07) is 12.0. The molecule has 1 heterocycles. The van der Waals surface area contributed by atoms with Gasteiger partial charge in [0.1, 0.15) is 11.4 Å². The van der Waals surface area contributed by atoms with Crippen LogP contribution in [0.5, 0.6) is 0 Å². The topological polar surface area (TPSA) is 136 Å². The number of nitrogens with zero attached hydrogens (tertiary/aromatic N) is 2. The third-order valence-electron chi connectivity index (χ3n) is 4.45. The fraction of sp³-hybridized carbons (Fsp3) is 0.190. The minimum absolute atomic E-state index is 0.130. The third kappa shape index (κ3) is 6.77. The number of anilines is 4. The minimum Gasteiger partial charge on any atom is -0.352 e. The molecule has 0 aliphatic rings. The summed E-state index contributed by atoms with van der Waals surface area (Å²) in [5, 5.41) is 7.94. The maximum Gasteiger partial charge on any atom is 0.421 e. The number of hydrogen-bond donors (Lipinski definition) is 5. The van der Waals surface area contributed by atoms with Crippen molar-refractivity contribution in [3.63, 3.8) is 0 Å². The number of para-hydroxylation sites is 1. The van der Waals surface area contributed by atoms with Crippen molar-refractivity contribution in [1.29, 1.82) is 0 Å². The van der Waals surface area contributed by atoms with Crippen molar-refractivity contribution in [1.82, 2.24) is 15.3 Å². The standard InChI is InChI=1S/C21H21F3N5O4P/c1-2-25-19(30)15-5-3-4-6-17(15)28-18-16(21(22,23)24)11-26-20(29-18)27-14-9-7-13(8-10-14)12-34(31,32)33/h3-11H,2,12H2,1H3,(H,25,30)(H2,31,32,33)(H2,26,27,28,29). The number of amides is 1. The number of aromatic nitrogens is 2. The Labute approximate surface area is 192 Å². The third-order valence-corrected chi connectivity index (χ3v) is 5.23. The molecule has 5 N–H and O–H groups in total. The van der Waals surface area contributed by atoms with E-state index in [1.54, 1.807) is 19.1 Å². The highest BCUT2D eigenvalue weighted by molar-refractivity contribution is 7.50. The van der Waals surface area contributed by atoms with Crippen LogP contribution in [0.2, 0.25) is 0 Å². The highest BCUT2D eigenvalue weighted by Crippen LogP contribution is 2.39. The van der Waals surface area contributed by atoms with Crippen LogP contribution >= 0.6 is 7.60 Å². The number of halogens is 3. The Hall–Kier alpha value is -3.47.